The highest BCUT2D eigenvalue weighted by Crippen LogP contribution is 2.38. The number of rotatable bonds is 1. The fourth-order valence-electron chi connectivity index (χ4n) is 3.04. The van der Waals surface area contributed by atoms with E-state index in [9.17, 15) is 0 Å². The van der Waals surface area contributed by atoms with Crippen LogP contribution >= 0.6 is 11.6 Å². The molecule has 1 fully saturated rings. The predicted octanol–water partition coefficient (Wildman–Crippen LogP) is 2.36. The van der Waals surface area contributed by atoms with Crippen LogP contribution < -0.4 is 5.73 Å². The number of hydrogen-bond donors (Lipinski definition) is 1. The van der Waals surface area contributed by atoms with Gasteiger partial charge < -0.3 is 5.73 Å². The Morgan fingerprint density at radius 1 is 1.31 bits per heavy atom. The molecule has 0 amide bonds. The molecule has 1 heterocycles. The average molecular weight is 237 g/mol. The molecular weight excluding hydrogens is 220 g/mol. The second kappa shape index (κ2) is 4.02. The van der Waals surface area contributed by atoms with Crippen molar-refractivity contribution in [1.29, 1.82) is 0 Å². The van der Waals surface area contributed by atoms with Gasteiger partial charge in [-0.05, 0) is 42.5 Å². The maximum Gasteiger partial charge on any atom is 0.0408 e. The van der Waals surface area contributed by atoms with E-state index in [1.54, 1.807) is 0 Å². The van der Waals surface area contributed by atoms with E-state index in [1.165, 1.54) is 17.5 Å². The van der Waals surface area contributed by atoms with Gasteiger partial charge in [0.1, 0.15) is 0 Å². The number of nitrogens with zero attached hydrogens (tertiary/aromatic N) is 1. The largest absolute Gasteiger partial charge is 0.326 e. The molecule has 0 radical (unpaired) electrons. The summed E-state index contributed by atoms with van der Waals surface area (Å²) in [7, 11) is 0. The molecule has 1 aromatic carbocycles. The zero-order valence-electron chi connectivity index (χ0n) is 9.32. The minimum absolute atomic E-state index is 0.372. The Kier molecular flexibility index (Phi) is 2.66. The van der Waals surface area contributed by atoms with Crippen molar-refractivity contribution in [2.24, 2.45) is 5.73 Å². The molecule has 0 spiro atoms. The standard InChI is InChI=1S/C13H17ClN2/c14-10-2-3-12-9(7-10)1-4-13(12)16-6-5-11(15)8-16/h2-3,7,11,13H,1,4-6,8,15H2. The lowest BCUT2D eigenvalue weighted by molar-refractivity contribution is 0.242. The number of likely N-dealkylation sites (tertiary alicyclic amines) is 1. The van der Waals surface area contributed by atoms with E-state index in [0.29, 0.717) is 12.1 Å². The summed E-state index contributed by atoms with van der Waals surface area (Å²) >= 11 is 6.02. The van der Waals surface area contributed by atoms with Gasteiger partial charge in [0.15, 0.2) is 0 Å². The van der Waals surface area contributed by atoms with Crippen molar-refractivity contribution in [3.8, 4) is 0 Å². The minimum Gasteiger partial charge on any atom is -0.326 e. The first-order valence-corrected chi connectivity index (χ1v) is 6.40. The molecule has 2 N–H and O–H groups in total. The zero-order valence-corrected chi connectivity index (χ0v) is 10.1. The highest BCUT2D eigenvalue weighted by Gasteiger charge is 2.31. The van der Waals surface area contributed by atoms with Crippen LogP contribution in [0.15, 0.2) is 18.2 Å². The molecule has 1 aromatic rings. The molecule has 1 aliphatic heterocycles. The first-order chi connectivity index (χ1) is 7.74. The normalized spacial score (nSPS) is 29.6. The van der Waals surface area contributed by atoms with Crippen LogP contribution in [-0.2, 0) is 6.42 Å². The van der Waals surface area contributed by atoms with Crippen molar-refractivity contribution in [2.75, 3.05) is 13.1 Å². The monoisotopic (exact) mass is 236 g/mol. The van der Waals surface area contributed by atoms with Crippen LogP contribution in [-0.4, -0.2) is 24.0 Å². The minimum atomic E-state index is 0.372. The van der Waals surface area contributed by atoms with Gasteiger partial charge in [-0.3, -0.25) is 4.90 Å². The lowest BCUT2D eigenvalue weighted by atomic mass is 10.1. The van der Waals surface area contributed by atoms with Crippen LogP contribution in [0.3, 0.4) is 0 Å². The summed E-state index contributed by atoms with van der Waals surface area (Å²) in [5, 5.41) is 0.859. The fourth-order valence-corrected chi connectivity index (χ4v) is 3.24. The number of nitrogens with two attached hydrogens (primary N) is 1. The summed E-state index contributed by atoms with van der Waals surface area (Å²) in [6.45, 7) is 2.20. The molecular formula is C13H17ClN2. The van der Waals surface area contributed by atoms with Gasteiger partial charge in [-0.2, -0.15) is 0 Å². The van der Waals surface area contributed by atoms with Crippen molar-refractivity contribution >= 4 is 11.6 Å². The van der Waals surface area contributed by atoms with Crippen LogP contribution in [0.1, 0.15) is 30.0 Å². The van der Waals surface area contributed by atoms with Gasteiger partial charge in [-0.25, -0.2) is 0 Å². The molecule has 3 heteroatoms. The summed E-state index contributed by atoms with van der Waals surface area (Å²) in [5.74, 6) is 0. The Hall–Kier alpha value is -0.570. The third-order valence-electron chi connectivity index (χ3n) is 3.85. The van der Waals surface area contributed by atoms with Gasteiger partial charge in [-0.15, -0.1) is 0 Å². The number of hydrogen-bond acceptors (Lipinski definition) is 2. The summed E-state index contributed by atoms with van der Waals surface area (Å²) in [5.41, 5.74) is 8.87. The Balaban J connectivity index is 1.86. The zero-order chi connectivity index (χ0) is 11.1. The van der Waals surface area contributed by atoms with Crippen LogP contribution in [0.25, 0.3) is 0 Å². The molecule has 2 nitrogen and oxygen atoms in total. The van der Waals surface area contributed by atoms with Gasteiger partial charge in [-0.1, -0.05) is 17.7 Å². The maximum absolute atomic E-state index is 6.02. The number of halogens is 1. The predicted molar refractivity (Wildman–Crippen MR) is 66.7 cm³/mol. The molecule has 86 valence electrons. The van der Waals surface area contributed by atoms with Gasteiger partial charge in [0.2, 0.25) is 0 Å². The Morgan fingerprint density at radius 2 is 2.19 bits per heavy atom. The van der Waals surface area contributed by atoms with Gasteiger partial charge >= 0.3 is 0 Å². The van der Waals surface area contributed by atoms with Crippen molar-refractivity contribution < 1.29 is 0 Å². The number of fused-ring (bicyclic) bond motifs is 1. The van der Waals surface area contributed by atoms with E-state index >= 15 is 0 Å². The molecule has 0 bridgehead atoms. The second-order valence-electron chi connectivity index (χ2n) is 4.94. The highest BCUT2D eigenvalue weighted by molar-refractivity contribution is 6.30. The fraction of sp³-hybridized carbons (Fsp3) is 0.538. The van der Waals surface area contributed by atoms with E-state index in [0.717, 1.165) is 31.0 Å². The topological polar surface area (TPSA) is 29.3 Å². The summed E-state index contributed by atoms with van der Waals surface area (Å²) in [4.78, 5) is 2.53. The van der Waals surface area contributed by atoms with Crippen LogP contribution in [0.4, 0.5) is 0 Å². The van der Waals surface area contributed by atoms with E-state index in [-0.39, 0.29) is 0 Å². The third-order valence-corrected chi connectivity index (χ3v) is 4.08. The van der Waals surface area contributed by atoms with E-state index in [2.05, 4.69) is 17.0 Å². The number of aryl methyl sites for hydroxylation is 1. The average Bonchev–Trinajstić information content (AvgIpc) is 2.83. The van der Waals surface area contributed by atoms with Gasteiger partial charge in [0.25, 0.3) is 0 Å². The molecule has 2 unspecified atom stereocenters. The molecule has 3 rings (SSSR count). The molecule has 2 aliphatic rings. The lowest BCUT2D eigenvalue weighted by Gasteiger charge is -2.24. The summed E-state index contributed by atoms with van der Waals surface area (Å²) in [6.07, 6.45) is 3.52. The van der Waals surface area contributed by atoms with Crippen molar-refractivity contribution in [2.45, 2.75) is 31.3 Å². The van der Waals surface area contributed by atoms with Crippen LogP contribution in [0.5, 0.6) is 0 Å². The van der Waals surface area contributed by atoms with Crippen molar-refractivity contribution in [3.05, 3.63) is 34.3 Å². The molecule has 16 heavy (non-hydrogen) atoms. The summed E-state index contributed by atoms with van der Waals surface area (Å²) < 4.78 is 0. The molecule has 0 saturated carbocycles. The van der Waals surface area contributed by atoms with E-state index < -0.39 is 0 Å². The van der Waals surface area contributed by atoms with Crippen LogP contribution in [0.2, 0.25) is 5.02 Å². The summed E-state index contributed by atoms with van der Waals surface area (Å²) in [6, 6.07) is 7.28. The van der Waals surface area contributed by atoms with Crippen molar-refractivity contribution in [3.63, 3.8) is 0 Å². The van der Waals surface area contributed by atoms with E-state index in [4.69, 9.17) is 17.3 Å². The highest BCUT2D eigenvalue weighted by atomic mass is 35.5. The first-order valence-electron chi connectivity index (χ1n) is 6.02. The Labute approximate surface area is 101 Å². The molecule has 2 atom stereocenters. The van der Waals surface area contributed by atoms with Gasteiger partial charge in [0, 0.05) is 30.2 Å². The Morgan fingerprint density at radius 3 is 2.94 bits per heavy atom. The molecule has 1 saturated heterocycles. The Bertz CT molecular complexity index is 405. The number of benzene rings is 1. The third kappa shape index (κ3) is 1.75. The van der Waals surface area contributed by atoms with Gasteiger partial charge in [0.05, 0.1) is 0 Å². The van der Waals surface area contributed by atoms with Crippen molar-refractivity contribution in [1.82, 2.24) is 4.90 Å². The lowest BCUT2D eigenvalue weighted by Crippen LogP contribution is -2.29. The smallest absolute Gasteiger partial charge is 0.0408 e. The second-order valence-corrected chi connectivity index (χ2v) is 5.38. The van der Waals surface area contributed by atoms with E-state index in [1.807, 2.05) is 6.07 Å². The maximum atomic E-state index is 6.02. The molecule has 1 aliphatic carbocycles. The first kappa shape index (κ1) is 10.6. The molecule has 0 aromatic heterocycles. The van der Waals surface area contributed by atoms with Crippen LogP contribution in [0, 0.1) is 0 Å². The quantitative estimate of drug-likeness (QED) is 0.811. The SMILES string of the molecule is NC1CCN(C2CCc3cc(Cl)ccc32)C1.